The summed E-state index contributed by atoms with van der Waals surface area (Å²) >= 11 is 0. The zero-order chi connectivity index (χ0) is 12.2. The maximum absolute atomic E-state index is 10.8. The molecule has 4 N–H and O–H groups in total. The number of aromatic nitrogens is 2. The fourth-order valence-corrected chi connectivity index (χ4v) is 1.29. The van der Waals surface area contributed by atoms with E-state index in [1.165, 1.54) is 6.92 Å². The van der Waals surface area contributed by atoms with Gasteiger partial charge < -0.3 is 15.1 Å². The van der Waals surface area contributed by atoms with Gasteiger partial charge in [0.15, 0.2) is 0 Å². The Hall–Kier alpha value is -1.01. The fraction of sp³-hybridized carbons (Fsp3) is 0.500. The Balaban J connectivity index is 2.52. The van der Waals surface area contributed by atoms with Crippen LogP contribution in [0.1, 0.15) is 12.5 Å². The van der Waals surface area contributed by atoms with Gasteiger partial charge in [0.1, 0.15) is 5.78 Å². The molecule has 0 aliphatic carbocycles. The molecule has 0 aliphatic rings. The number of hydrogen-bond donors (Lipinski definition) is 4. The Labute approximate surface area is 93.5 Å². The number of nitrogens with zero attached hydrogens (tertiary/aromatic N) is 2. The van der Waals surface area contributed by atoms with E-state index in [1.54, 1.807) is 19.4 Å². The van der Waals surface area contributed by atoms with Crippen LogP contribution in [0.15, 0.2) is 12.4 Å². The van der Waals surface area contributed by atoms with Crippen LogP contribution in [0.25, 0.3) is 0 Å². The molecule has 0 saturated carbocycles. The number of rotatable bonds is 5. The lowest BCUT2D eigenvalue weighted by Crippen LogP contribution is -2.25. The maximum atomic E-state index is 10.8. The molecule has 0 saturated heterocycles. The molecular formula is C8H15N4O3P. The molecule has 1 atom stereocenters. The first-order valence-corrected chi connectivity index (χ1v) is 6.39. The van der Waals surface area contributed by atoms with Crippen molar-refractivity contribution in [3.8, 4) is 0 Å². The maximum Gasteiger partial charge on any atom is 0.342 e. The van der Waals surface area contributed by atoms with E-state index in [9.17, 15) is 4.57 Å². The third-order valence-corrected chi connectivity index (χ3v) is 3.23. The lowest BCUT2D eigenvalue weighted by molar-refractivity contribution is 0.350. The first kappa shape index (κ1) is 13.1. The molecule has 0 radical (unpaired) electrons. The quantitative estimate of drug-likeness (QED) is 0.547. The smallest absolute Gasteiger partial charge is 0.342 e. The molecule has 90 valence electrons. The lowest BCUT2D eigenvalue weighted by Gasteiger charge is -2.14. The zero-order valence-electron chi connectivity index (χ0n) is 9.08. The molecule has 0 unspecified atom stereocenters. The Kier molecular flexibility index (Phi) is 4.37. The average Bonchev–Trinajstić information content (AvgIpc) is 2.25. The summed E-state index contributed by atoms with van der Waals surface area (Å²) in [5, 5.41) is 5.49. The number of hydrogen-bond acceptors (Lipinski definition) is 5. The summed E-state index contributed by atoms with van der Waals surface area (Å²) in [6.07, 6.45) is 3.19. The van der Waals surface area contributed by atoms with Crippen LogP contribution >= 0.6 is 7.60 Å². The number of nitrogens with one attached hydrogen (secondary N) is 2. The molecule has 1 aromatic heterocycles. The predicted octanol–water partition coefficient (Wildman–Crippen LogP) is 0.132. The second kappa shape index (κ2) is 5.36. The van der Waals surface area contributed by atoms with Gasteiger partial charge in [0.2, 0.25) is 5.95 Å². The molecular weight excluding hydrogens is 231 g/mol. The molecule has 0 aliphatic heterocycles. The minimum atomic E-state index is -4.07. The van der Waals surface area contributed by atoms with Crippen LogP contribution in [0.2, 0.25) is 0 Å². The molecule has 16 heavy (non-hydrogen) atoms. The van der Waals surface area contributed by atoms with Crippen molar-refractivity contribution < 1.29 is 14.4 Å². The van der Waals surface area contributed by atoms with Gasteiger partial charge in [-0.1, -0.05) is 0 Å². The molecule has 7 nitrogen and oxygen atoms in total. The van der Waals surface area contributed by atoms with Gasteiger partial charge in [-0.15, -0.1) is 0 Å². The van der Waals surface area contributed by atoms with Gasteiger partial charge in [0.05, 0.1) is 0 Å². The van der Waals surface area contributed by atoms with Crippen molar-refractivity contribution in [1.82, 2.24) is 15.3 Å². The summed E-state index contributed by atoms with van der Waals surface area (Å²) in [5.74, 6) is -0.372. The van der Waals surface area contributed by atoms with Crippen molar-refractivity contribution in [1.29, 1.82) is 0 Å². The molecule has 1 aromatic rings. The summed E-state index contributed by atoms with van der Waals surface area (Å²) in [5.41, 5.74) is 0.763. The highest BCUT2D eigenvalue weighted by atomic mass is 31.2. The van der Waals surface area contributed by atoms with E-state index in [0.717, 1.165) is 5.56 Å². The van der Waals surface area contributed by atoms with Crippen LogP contribution in [0.3, 0.4) is 0 Å². The van der Waals surface area contributed by atoms with Gasteiger partial charge in [-0.2, -0.15) is 0 Å². The minimum Gasteiger partial charge on any atom is -0.357 e. The van der Waals surface area contributed by atoms with Crippen molar-refractivity contribution in [3.05, 3.63) is 18.0 Å². The van der Waals surface area contributed by atoms with Gasteiger partial charge in [0.25, 0.3) is 0 Å². The van der Waals surface area contributed by atoms with E-state index in [1.807, 2.05) is 0 Å². The third kappa shape index (κ3) is 3.86. The molecule has 0 fully saturated rings. The highest BCUT2D eigenvalue weighted by Crippen LogP contribution is 2.39. The second-order valence-corrected chi connectivity index (χ2v) is 5.26. The van der Waals surface area contributed by atoms with E-state index in [4.69, 9.17) is 9.79 Å². The molecule has 8 heteroatoms. The number of anilines is 1. The molecule has 0 amide bonds. The summed E-state index contributed by atoms with van der Waals surface area (Å²) in [6, 6.07) is 0. The Morgan fingerprint density at radius 3 is 2.44 bits per heavy atom. The van der Waals surface area contributed by atoms with Crippen molar-refractivity contribution in [3.63, 3.8) is 0 Å². The lowest BCUT2D eigenvalue weighted by atomic mass is 10.3. The van der Waals surface area contributed by atoms with E-state index >= 15 is 0 Å². The van der Waals surface area contributed by atoms with Crippen LogP contribution in [0, 0.1) is 0 Å². The zero-order valence-corrected chi connectivity index (χ0v) is 9.98. The highest BCUT2D eigenvalue weighted by molar-refractivity contribution is 7.52. The van der Waals surface area contributed by atoms with Crippen molar-refractivity contribution >= 4 is 13.5 Å². The van der Waals surface area contributed by atoms with Crippen molar-refractivity contribution in [2.24, 2.45) is 0 Å². The average molecular weight is 246 g/mol. The fourth-order valence-electron chi connectivity index (χ4n) is 0.960. The normalized spacial score (nSPS) is 13.5. The van der Waals surface area contributed by atoms with Crippen LogP contribution in [-0.4, -0.2) is 32.6 Å². The van der Waals surface area contributed by atoms with E-state index < -0.39 is 13.4 Å². The largest absolute Gasteiger partial charge is 0.357 e. The molecule has 0 aromatic carbocycles. The van der Waals surface area contributed by atoms with Crippen LogP contribution < -0.4 is 10.6 Å². The Bertz CT molecular complexity index is 377. The molecule has 0 bridgehead atoms. The topological polar surface area (TPSA) is 107 Å². The first-order chi connectivity index (χ1) is 7.43. The summed E-state index contributed by atoms with van der Waals surface area (Å²) < 4.78 is 10.8. The molecule has 1 rings (SSSR count). The van der Waals surface area contributed by atoms with Crippen LogP contribution in [0.4, 0.5) is 5.95 Å². The molecule has 0 spiro atoms. The summed E-state index contributed by atoms with van der Waals surface area (Å²) in [4.78, 5) is 25.7. The SMILES string of the molecule is CNc1ncc(CN[C@@H](C)P(=O)(O)O)cn1. The third-order valence-electron chi connectivity index (χ3n) is 2.04. The van der Waals surface area contributed by atoms with E-state index in [-0.39, 0.29) is 0 Å². The van der Waals surface area contributed by atoms with E-state index in [0.29, 0.717) is 12.5 Å². The highest BCUT2D eigenvalue weighted by Gasteiger charge is 2.22. The van der Waals surface area contributed by atoms with Gasteiger partial charge in [-0.3, -0.25) is 9.88 Å². The van der Waals surface area contributed by atoms with Gasteiger partial charge in [-0.05, 0) is 6.92 Å². The molecule has 1 heterocycles. The van der Waals surface area contributed by atoms with Crippen molar-refractivity contribution in [2.45, 2.75) is 19.3 Å². The summed E-state index contributed by atoms with van der Waals surface area (Å²) in [6.45, 7) is 1.75. The first-order valence-electron chi connectivity index (χ1n) is 4.70. The minimum absolute atomic E-state index is 0.316. The monoisotopic (exact) mass is 246 g/mol. The van der Waals surface area contributed by atoms with Gasteiger partial charge in [0, 0.05) is 31.5 Å². The Morgan fingerprint density at radius 2 is 2.00 bits per heavy atom. The van der Waals surface area contributed by atoms with Crippen molar-refractivity contribution in [2.75, 3.05) is 12.4 Å². The predicted molar refractivity (Wildman–Crippen MR) is 59.9 cm³/mol. The standard InChI is InChI=1S/C8H15N4O3P/c1-6(16(13,14)15)10-3-7-4-11-8(9-2)12-5-7/h4-6,10H,3H2,1-2H3,(H,9,11,12)(H2,13,14,15)/t6-/m1/s1. The van der Waals surface area contributed by atoms with Gasteiger partial charge in [-0.25, -0.2) is 9.97 Å². The Morgan fingerprint density at radius 1 is 1.44 bits per heavy atom. The van der Waals surface area contributed by atoms with Crippen LogP contribution in [0.5, 0.6) is 0 Å². The summed E-state index contributed by atoms with van der Waals surface area (Å²) in [7, 11) is -2.36. The second-order valence-electron chi connectivity index (χ2n) is 3.31. The van der Waals surface area contributed by atoms with Crippen LogP contribution in [-0.2, 0) is 11.1 Å². The van der Waals surface area contributed by atoms with Gasteiger partial charge >= 0.3 is 7.60 Å². The van der Waals surface area contributed by atoms with E-state index in [2.05, 4.69) is 20.6 Å².